The molecular weight excluding hydrogens is 96.0 g/mol. The molecule has 0 unspecified atom stereocenters. The van der Waals surface area contributed by atoms with Gasteiger partial charge in [-0.05, 0) is 0 Å². The molecule has 0 saturated carbocycles. The molecule has 7 heavy (non-hydrogen) atoms. The molecule has 40 valence electrons. The van der Waals surface area contributed by atoms with Crippen LogP contribution in [0.1, 0.15) is 0 Å². The van der Waals surface area contributed by atoms with Gasteiger partial charge in [-0.15, -0.1) is 5.06 Å². The molecule has 0 bridgehead atoms. The van der Waals surface area contributed by atoms with E-state index >= 15 is 0 Å². The SMILES string of the molecule is ON1CC=NOC1. The van der Waals surface area contributed by atoms with Crippen molar-refractivity contribution >= 4 is 6.21 Å². The van der Waals surface area contributed by atoms with E-state index in [9.17, 15) is 0 Å². The van der Waals surface area contributed by atoms with Crippen LogP contribution in [0.2, 0.25) is 0 Å². The fraction of sp³-hybridized carbons (Fsp3) is 0.667. The summed E-state index contributed by atoms with van der Waals surface area (Å²) in [5, 5.41) is 12.9. The molecule has 0 atom stereocenters. The molecular formula is C3H6N2O2. The van der Waals surface area contributed by atoms with Crippen LogP contribution in [-0.2, 0) is 4.84 Å². The molecule has 1 N–H and O–H groups in total. The van der Waals surface area contributed by atoms with Crippen LogP contribution in [0, 0.1) is 0 Å². The first kappa shape index (κ1) is 4.55. The van der Waals surface area contributed by atoms with Gasteiger partial charge in [0.25, 0.3) is 0 Å². The number of hydrogen-bond donors (Lipinski definition) is 1. The van der Waals surface area contributed by atoms with Gasteiger partial charge in [-0.3, -0.25) is 0 Å². The third-order valence-corrected chi connectivity index (χ3v) is 0.648. The average molecular weight is 102 g/mol. The Kier molecular flexibility index (Phi) is 1.24. The predicted octanol–water partition coefficient (Wildman–Crippen LogP) is -0.349. The number of hydrogen-bond acceptors (Lipinski definition) is 4. The zero-order valence-electron chi connectivity index (χ0n) is 3.74. The lowest BCUT2D eigenvalue weighted by Crippen LogP contribution is -2.26. The third-order valence-electron chi connectivity index (χ3n) is 0.648. The molecule has 1 aliphatic heterocycles. The number of hydroxylamine groups is 2. The van der Waals surface area contributed by atoms with E-state index in [2.05, 4.69) is 9.99 Å². The highest BCUT2D eigenvalue weighted by molar-refractivity contribution is 5.58. The Balaban J connectivity index is 2.32. The molecule has 0 amide bonds. The van der Waals surface area contributed by atoms with Crippen LogP contribution >= 0.6 is 0 Å². The van der Waals surface area contributed by atoms with Gasteiger partial charge >= 0.3 is 0 Å². The smallest absolute Gasteiger partial charge is 0.192 e. The monoisotopic (exact) mass is 102 g/mol. The van der Waals surface area contributed by atoms with Gasteiger partial charge in [-0.1, -0.05) is 5.16 Å². The lowest BCUT2D eigenvalue weighted by molar-refractivity contribution is -0.157. The molecule has 4 heteroatoms. The molecule has 1 rings (SSSR count). The summed E-state index contributed by atoms with van der Waals surface area (Å²) < 4.78 is 0. The van der Waals surface area contributed by atoms with Crippen LogP contribution < -0.4 is 0 Å². The molecule has 4 nitrogen and oxygen atoms in total. The van der Waals surface area contributed by atoms with Crippen LogP contribution in [0.15, 0.2) is 5.16 Å². The molecule has 0 spiro atoms. The van der Waals surface area contributed by atoms with E-state index in [0.29, 0.717) is 6.54 Å². The third kappa shape index (κ3) is 1.13. The maximum atomic E-state index is 8.53. The lowest BCUT2D eigenvalue weighted by Gasteiger charge is -2.12. The van der Waals surface area contributed by atoms with Crippen LogP contribution in [0.4, 0.5) is 0 Å². The zero-order valence-corrected chi connectivity index (χ0v) is 3.74. The Morgan fingerprint density at radius 3 is 3.00 bits per heavy atom. The molecule has 0 aromatic rings. The van der Waals surface area contributed by atoms with E-state index in [4.69, 9.17) is 5.21 Å². The van der Waals surface area contributed by atoms with Crippen LogP contribution in [0.25, 0.3) is 0 Å². The van der Waals surface area contributed by atoms with E-state index in [-0.39, 0.29) is 6.73 Å². The number of oxime groups is 1. The molecule has 0 fully saturated rings. The van der Waals surface area contributed by atoms with E-state index in [1.165, 1.54) is 6.21 Å². The van der Waals surface area contributed by atoms with Crippen LogP contribution in [-0.4, -0.2) is 29.8 Å². The Morgan fingerprint density at radius 1 is 1.86 bits per heavy atom. The molecule has 0 aromatic heterocycles. The number of nitrogens with zero attached hydrogens (tertiary/aromatic N) is 2. The summed E-state index contributed by atoms with van der Waals surface area (Å²) in [4.78, 5) is 4.43. The highest BCUT2D eigenvalue weighted by Gasteiger charge is 2.00. The fourth-order valence-corrected chi connectivity index (χ4v) is 0.333. The normalized spacial score (nSPS) is 21.9. The van der Waals surface area contributed by atoms with Crippen molar-refractivity contribution in [3.63, 3.8) is 0 Å². The van der Waals surface area contributed by atoms with Gasteiger partial charge in [-0.25, -0.2) is 0 Å². The molecule has 0 aromatic carbocycles. The summed E-state index contributed by atoms with van der Waals surface area (Å²) in [5.74, 6) is 0. The molecule has 0 aliphatic carbocycles. The largest absolute Gasteiger partial charge is 0.378 e. The van der Waals surface area contributed by atoms with Gasteiger partial charge in [0.05, 0.1) is 12.8 Å². The number of rotatable bonds is 0. The minimum atomic E-state index is 0.177. The highest BCUT2D eigenvalue weighted by atomic mass is 16.7. The van der Waals surface area contributed by atoms with Crippen molar-refractivity contribution in [3.05, 3.63) is 0 Å². The maximum Gasteiger partial charge on any atom is 0.192 e. The molecule has 0 saturated heterocycles. The highest BCUT2D eigenvalue weighted by Crippen LogP contribution is 1.86. The summed E-state index contributed by atoms with van der Waals surface area (Å²) in [6, 6.07) is 0. The van der Waals surface area contributed by atoms with Gasteiger partial charge < -0.3 is 10.0 Å². The van der Waals surface area contributed by atoms with Crippen molar-refractivity contribution in [1.29, 1.82) is 0 Å². The van der Waals surface area contributed by atoms with E-state index < -0.39 is 0 Å². The summed E-state index contributed by atoms with van der Waals surface area (Å²) >= 11 is 0. The van der Waals surface area contributed by atoms with Gasteiger partial charge in [-0.2, -0.15) is 0 Å². The first-order valence-corrected chi connectivity index (χ1v) is 1.97. The summed E-state index contributed by atoms with van der Waals surface area (Å²) in [5.41, 5.74) is 0. The Labute approximate surface area is 40.9 Å². The van der Waals surface area contributed by atoms with Crippen LogP contribution in [0.5, 0.6) is 0 Å². The van der Waals surface area contributed by atoms with Crippen LogP contribution in [0.3, 0.4) is 0 Å². The molecule has 0 radical (unpaired) electrons. The Bertz CT molecular complexity index is 83.0. The Morgan fingerprint density at radius 2 is 2.71 bits per heavy atom. The van der Waals surface area contributed by atoms with Crippen molar-refractivity contribution in [2.24, 2.45) is 5.16 Å². The maximum absolute atomic E-state index is 8.53. The molecule has 1 heterocycles. The van der Waals surface area contributed by atoms with Crippen molar-refractivity contribution in [2.45, 2.75) is 0 Å². The lowest BCUT2D eigenvalue weighted by atomic mass is 10.7. The molecule has 1 aliphatic rings. The van der Waals surface area contributed by atoms with Gasteiger partial charge in [0.2, 0.25) is 0 Å². The summed E-state index contributed by atoms with van der Waals surface area (Å²) in [6.07, 6.45) is 1.49. The quantitative estimate of drug-likeness (QED) is 0.454. The zero-order chi connectivity index (χ0) is 5.11. The van der Waals surface area contributed by atoms with Crippen molar-refractivity contribution < 1.29 is 10.0 Å². The summed E-state index contributed by atoms with van der Waals surface area (Å²) in [6.45, 7) is 0.635. The topological polar surface area (TPSA) is 45.1 Å². The second kappa shape index (κ2) is 1.90. The van der Waals surface area contributed by atoms with Gasteiger partial charge in [0.1, 0.15) is 0 Å². The van der Waals surface area contributed by atoms with Gasteiger partial charge in [0.15, 0.2) is 6.73 Å². The van der Waals surface area contributed by atoms with Gasteiger partial charge in [0, 0.05) is 0 Å². The second-order valence-corrected chi connectivity index (χ2v) is 1.24. The predicted molar refractivity (Wildman–Crippen MR) is 22.9 cm³/mol. The summed E-state index contributed by atoms with van der Waals surface area (Å²) in [7, 11) is 0. The average Bonchev–Trinajstić information content (AvgIpc) is 1.69. The van der Waals surface area contributed by atoms with Crippen molar-refractivity contribution in [2.75, 3.05) is 13.3 Å². The first-order chi connectivity index (χ1) is 3.39. The van der Waals surface area contributed by atoms with Crippen molar-refractivity contribution in [3.8, 4) is 0 Å². The van der Waals surface area contributed by atoms with E-state index in [0.717, 1.165) is 5.06 Å². The Hall–Kier alpha value is -0.610. The van der Waals surface area contributed by atoms with E-state index in [1.54, 1.807) is 0 Å². The minimum absolute atomic E-state index is 0.177. The second-order valence-electron chi connectivity index (χ2n) is 1.24. The van der Waals surface area contributed by atoms with Crippen molar-refractivity contribution in [1.82, 2.24) is 5.06 Å². The first-order valence-electron chi connectivity index (χ1n) is 1.97. The fourth-order valence-electron chi connectivity index (χ4n) is 0.333. The van der Waals surface area contributed by atoms with E-state index in [1.807, 2.05) is 0 Å². The minimum Gasteiger partial charge on any atom is -0.378 e. The standard InChI is InChI=1S/C3H6N2O2/c6-5-2-1-4-7-3-5/h1,6H,2-3H2.